The van der Waals surface area contributed by atoms with Crippen LogP contribution in [0.1, 0.15) is 14.9 Å². The largest absolute Gasteiger partial charge is 0.412 e. The van der Waals surface area contributed by atoms with Crippen LogP contribution in [0.2, 0.25) is 0 Å². The monoisotopic (exact) mass is 156 g/mol. The van der Waals surface area contributed by atoms with Crippen molar-refractivity contribution in [3.63, 3.8) is 0 Å². The van der Waals surface area contributed by atoms with Crippen LogP contribution < -0.4 is 0 Å². The molecule has 0 fully saturated rings. The highest BCUT2D eigenvalue weighted by Gasteiger charge is 1.13. The van der Waals surface area contributed by atoms with E-state index in [0.717, 1.165) is 0 Å². The molecule has 6 heteroatoms. The summed E-state index contributed by atoms with van der Waals surface area (Å²) in [6, 6.07) is 0. The van der Waals surface area contributed by atoms with Crippen LogP contribution in [0.15, 0.2) is 0 Å². The van der Waals surface area contributed by atoms with Gasteiger partial charge in [0.25, 0.3) is 0 Å². The lowest BCUT2D eigenvalue weighted by molar-refractivity contribution is -0.193. The van der Waals surface area contributed by atoms with E-state index in [1.165, 1.54) is 0 Å². The summed E-state index contributed by atoms with van der Waals surface area (Å²) in [5.74, 6) is 0. The van der Waals surface area contributed by atoms with Crippen LogP contribution in [0.5, 0.6) is 0 Å². The average Bonchev–Trinajstić information content (AvgIpc) is 1.39. The van der Waals surface area contributed by atoms with Crippen LogP contribution in [0.3, 0.4) is 0 Å². The summed E-state index contributed by atoms with van der Waals surface area (Å²) in [5.41, 5.74) is 0. The maximum atomic E-state index is 8.12. The topological polar surface area (TPSA) is 131 Å². The number of hydrogen-bond donors (Lipinski definition) is 0. The van der Waals surface area contributed by atoms with Gasteiger partial charge in [-0.25, -0.2) is 0 Å². The summed E-state index contributed by atoms with van der Waals surface area (Å²) >= 11 is 0. The molecule has 10 heavy (non-hydrogen) atoms. The first-order valence-corrected chi connectivity index (χ1v) is 0.816. The Balaban J connectivity index is -0.00000000571. The van der Waals surface area contributed by atoms with E-state index in [1.54, 1.807) is 0 Å². The van der Waals surface area contributed by atoms with Gasteiger partial charge in [-0.3, -0.25) is 0 Å². The minimum atomic E-state index is 0. The van der Waals surface area contributed by atoms with Crippen molar-refractivity contribution in [1.82, 2.24) is 0 Å². The van der Waals surface area contributed by atoms with Crippen molar-refractivity contribution in [2.24, 2.45) is 0 Å². The molecule has 0 aliphatic heterocycles. The van der Waals surface area contributed by atoms with Crippen LogP contribution in [-0.4, -0.2) is 23.3 Å². The second-order valence-corrected chi connectivity index (χ2v) is 0.167. The van der Waals surface area contributed by atoms with Crippen LogP contribution in [0.25, 0.3) is 0 Å². The van der Waals surface area contributed by atoms with E-state index >= 15 is 0 Å². The molecular formula is C4H12O6. The van der Waals surface area contributed by atoms with Crippen LogP contribution in [0, 0.1) is 0 Å². The van der Waals surface area contributed by atoms with Gasteiger partial charge in [0.05, 0.1) is 0 Å². The van der Waals surface area contributed by atoms with Gasteiger partial charge in [0, 0.05) is 0 Å². The normalized spacial score (nSPS) is 1.60. The molecule has 0 radical (unpaired) electrons. The molecule has 0 saturated carbocycles. The molecule has 0 aliphatic rings. The molecule has 6 nitrogen and oxygen atoms in total. The van der Waals surface area contributed by atoms with Crippen molar-refractivity contribution >= 4 is 12.3 Å². The summed E-state index contributed by atoms with van der Waals surface area (Å²) in [4.78, 5) is 32.5. The molecule has 0 aliphatic carbocycles. The van der Waals surface area contributed by atoms with Crippen LogP contribution in [-0.2, 0) is 19.2 Å². The predicted molar refractivity (Wildman–Crippen MR) is 30.7 cm³/mol. The molecule has 0 bridgehead atoms. The zero-order valence-corrected chi connectivity index (χ0v) is 3.63. The fourth-order valence-corrected chi connectivity index (χ4v) is 0. The fourth-order valence-electron chi connectivity index (χ4n) is 0. The van der Waals surface area contributed by atoms with E-state index < -0.39 is 0 Å². The molecule has 0 atom stereocenters. The van der Waals surface area contributed by atoms with Gasteiger partial charge < -0.3 is 11.0 Å². The second kappa shape index (κ2) is 741. The molecule has 0 amide bonds. The molecule has 0 unspecified atom stereocenters. The Morgan fingerprint density at radius 2 is 0.600 bits per heavy atom. The van der Waals surface area contributed by atoms with E-state index in [-0.39, 0.29) is 38.1 Å². The van der Waals surface area contributed by atoms with Crippen molar-refractivity contribution in [2.45, 2.75) is 14.9 Å². The van der Waals surface area contributed by atoms with Crippen LogP contribution >= 0.6 is 0 Å². The van der Waals surface area contributed by atoms with Crippen molar-refractivity contribution in [3.05, 3.63) is 0 Å². The first-order valence-electron chi connectivity index (χ1n) is 0.816. The van der Waals surface area contributed by atoms with Gasteiger partial charge in [0.1, 0.15) is 0 Å². The quantitative estimate of drug-likeness (QED) is 0.420. The molecule has 0 aromatic carbocycles. The average molecular weight is 156 g/mol. The zero-order valence-electron chi connectivity index (χ0n) is 3.63. The van der Waals surface area contributed by atoms with Crippen molar-refractivity contribution in [3.8, 4) is 0 Å². The number of hydrogen-bond acceptors (Lipinski definition) is 4. The Labute approximate surface area is 58.5 Å². The van der Waals surface area contributed by atoms with E-state index in [4.69, 9.17) is 19.2 Å². The summed E-state index contributed by atoms with van der Waals surface area (Å²) in [6.45, 7) is 0. The van der Waals surface area contributed by atoms with Gasteiger partial charge in [-0.2, -0.15) is 19.2 Å². The third kappa shape index (κ3) is 124. The third-order valence-electron chi connectivity index (χ3n) is 0. The number of carbonyl (C=O) groups excluding carboxylic acids is 4. The molecule has 0 heterocycles. The van der Waals surface area contributed by atoms with E-state index in [0.29, 0.717) is 0 Å². The lowest BCUT2D eigenvalue weighted by Gasteiger charge is -0.945. The first-order chi connectivity index (χ1) is 2.83. The highest BCUT2D eigenvalue weighted by molar-refractivity contribution is 5.20. The van der Waals surface area contributed by atoms with E-state index in [2.05, 4.69) is 0 Å². The number of rotatable bonds is 0. The lowest BCUT2D eigenvalue weighted by atomic mass is 11.8. The van der Waals surface area contributed by atoms with Gasteiger partial charge in [-0.1, -0.05) is 14.9 Å². The van der Waals surface area contributed by atoms with Crippen LogP contribution in [0.4, 0.5) is 0 Å². The minimum Gasteiger partial charge on any atom is -0.412 e. The Morgan fingerprint density at radius 1 is 0.600 bits per heavy atom. The van der Waals surface area contributed by atoms with Gasteiger partial charge in [-0.15, -0.1) is 0 Å². The van der Waals surface area contributed by atoms with Gasteiger partial charge in [0.15, 0.2) is 0 Å². The molecule has 0 rings (SSSR count). The highest BCUT2D eigenvalue weighted by Crippen LogP contribution is 0.790. The summed E-state index contributed by atoms with van der Waals surface area (Å²) < 4.78 is 0. The third-order valence-corrected chi connectivity index (χ3v) is 0. The zero-order chi connectivity index (χ0) is 5.41. The van der Waals surface area contributed by atoms with Gasteiger partial charge in [-0.05, 0) is 0 Å². The Hall–Kier alpha value is -1.32. The molecular weight excluding hydrogens is 144 g/mol. The summed E-state index contributed by atoms with van der Waals surface area (Å²) in [7, 11) is 0. The van der Waals surface area contributed by atoms with E-state index in [9.17, 15) is 0 Å². The molecule has 0 saturated heterocycles. The highest BCUT2D eigenvalue weighted by atomic mass is 16.2. The van der Waals surface area contributed by atoms with Gasteiger partial charge >= 0.3 is 12.3 Å². The lowest BCUT2D eigenvalue weighted by Crippen LogP contribution is -1.22. The predicted octanol–water partition coefficient (Wildman–Crippen LogP) is -1.54. The molecule has 0 aromatic heterocycles. The summed E-state index contributed by atoms with van der Waals surface area (Å²) in [6.07, 6.45) is 0.500. The molecule has 0 aromatic rings. The molecule has 64 valence electrons. The maximum Gasteiger partial charge on any atom is 0.373 e. The Kier molecular flexibility index (Phi) is 5280. The fraction of sp³-hybridized carbons (Fsp3) is 0.500. The first kappa shape index (κ1) is 71.3. The molecule has 0 spiro atoms. The van der Waals surface area contributed by atoms with Crippen molar-refractivity contribution < 1.29 is 30.1 Å². The van der Waals surface area contributed by atoms with E-state index in [1.807, 2.05) is 0 Å². The maximum absolute atomic E-state index is 8.12. The second-order valence-electron chi connectivity index (χ2n) is 0.167. The standard InChI is InChI=1S/2CO2.2CH4.2H2O/c2*2-1-3;;;;/h;;2*1H4;2*1H2. The Morgan fingerprint density at radius 3 is 0.600 bits per heavy atom. The smallest absolute Gasteiger partial charge is 0.373 e. The minimum absolute atomic E-state index is 0. The Bertz CT molecular complexity index is 63.7. The molecule has 4 N–H and O–H groups in total. The summed E-state index contributed by atoms with van der Waals surface area (Å²) in [5, 5.41) is 0. The van der Waals surface area contributed by atoms with Gasteiger partial charge in [0.2, 0.25) is 0 Å². The van der Waals surface area contributed by atoms with Crippen molar-refractivity contribution in [2.75, 3.05) is 0 Å². The van der Waals surface area contributed by atoms with Crippen molar-refractivity contribution in [1.29, 1.82) is 0 Å². The SMILES string of the molecule is C.C.O.O.O=C=O.O=C=O.